The van der Waals surface area contributed by atoms with Crippen LogP contribution in [0.3, 0.4) is 0 Å². The number of carbonyl (C=O) groups is 1. The number of likely N-dealkylation sites (tertiary alicyclic amines) is 1. The molecular weight excluding hydrogens is 350 g/mol. The largest absolute Gasteiger partial charge is 0.340 e. The molecule has 1 saturated carbocycles. The third-order valence-electron chi connectivity index (χ3n) is 6.40. The summed E-state index contributed by atoms with van der Waals surface area (Å²) in [6.45, 7) is 0.774. The molecule has 6 heteroatoms. The zero-order chi connectivity index (χ0) is 18.9. The molecule has 0 spiro atoms. The quantitative estimate of drug-likeness (QED) is 0.694. The van der Waals surface area contributed by atoms with Crippen LogP contribution < -0.4 is 0 Å². The molecule has 2 aromatic heterocycles. The van der Waals surface area contributed by atoms with E-state index < -0.39 is 0 Å². The Morgan fingerprint density at radius 1 is 1.04 bits per heavy atom. The van der Waals surface area contributed by atoms with Crippen molar-refractivity contribution in [2.75, 3.05) is 6.54 Å². The molecule has 2 fully saturated rings. The van der Waals surface area contributed by atoms with E-state index in [2.05, 4.69) is 15.2 Å². The molecule has 6 nitrogen and oxygen atoms in total. The van der Waals surface area contributed by atoms with E-state index in [1.807, 2.05) is 29.2 Å². The number of nitrogens with one attached hydrogen (secondary N) is 2. The van der Waals surface area contributed by atoms with Gasteiger partial charge in [-0.15, -0.1) is 0 Å². The van der Waals surface area contributed by atoms with Crippen molar-refractivity contribution < 1.29 is 4.79 Å². The molecule has 1 saturated heterocycles. The van der Waals surface area contributed by atoms with Crippen LogP contribution in [-0.2, 0) is 0 Å². The first-order chi connectivity index (χ1) is 13.8. The molecule has 1 aliphatic heterocycles. The number of piperidine rings is 1. The lowest BCUT2D eigenvalue weighted by Crippen LogP contribution is -2.39. The Kier molecular flexibility index (Phi) is 4.63. The molecule has 2 aliphatic rings. The lowest BCUT2D eigenvalue weighted by Gasteiger charge is -2.35. The van der Waals surface area contributed by atoms with Crippen LogP contribution >= 0.6 is 0 Å². The highest BCUT2D eigenvalue weighted by molar-refractivity contribution is 5.95. The van der Waals surface area contributed by atoms with Gasteiger partial charge in [0, 0.05) is 12.5 Å². The number of nitrogens with zero attached hydrogens (tertiary/aromatic N) is 3. The molecule has 1 aliphatic carbocycles. The number of para-hydroxylation sites is 2. The van der Waals surface area contributed by atoms with E-state index in [4.69, 9.17) is 4.98 Å². The van der Waals surface area contributed by atoms with Crippen LogP contribution in [0.15, 0.2) is 30.5 Å². The van der Waals surface area contributed by atoms with Gasteiger partial charge < -0.3 is 9.88 Å². The number of hydrogen-bond acceptors (Lipinski definition) is 3. The molecule has 3 heterocycles. The van der Waals surface area contributed by atoms with Gasteiger partial charge in [-0.25, -0.2) is 4.98 Å². The van der Waals surface area contributed by atoms with Gasteiger partial charge in [0.05, 0.1) is 34.5 Å². The third-order valence-corrected chi connectivity index (χ3v) is 6.40. The molecule has 0 bridgehead atoms. The van der Waals surface area contributed by atoms with E-state index >= 15 is 0 Å². The van der Waals surface area contributed by atoms with Crippen LogP contribution in [-0.4, -0.2) is 37.5 Å². The Balaban J connectivity index is 1.45. The van der Waals surface area contributed by atoms with Gasteiger partial charge in [0.2, 0.25) is 0 Å². The summed E-state index contributed by atoms with van der Waals surface area (Å²) in [4.78, 5) is 23.8. The van der Waals surface area contributed by atoms with E-state index in [0.717, 1.165) is 66.8 Å². The Labute approximate surface area is 164 Å². The molecular formula is C22H27N5O. The van der Waals surface area contributed by atoms with E-state index in [1.54, 1.807) is 6.20 Å². The molecule has 2 N–H and O–H groups in total. The number of aromatic amines is 2. The highest BCUT2D eigenvalue weighted by Crippen LogP contribution is 2.36. The number of rotatable bonds is 3. The van der Waals surface area contributed by atoms with Crippen molar-refractivity contribution in [3.8, 4) is 0 Å². The van der Waals surface area contributed by atoms with Crippen LogP contribution in [0.1, 0.15) is 85.2 Å². The number of amides is 1. The molecule has 5 rings (SSSR count). The van der Waals surface area contributed by atoms with Crippen molar-refractivity contribution >= 4 is 16.9 Å². The zero-order valence-electron chi connectivity index (χ0n) is 16.2. The monoisotopic (exact) mass is 377 g/mol. The first-order valence-corrected chi connectivity index (χ1v) is 10.6. The second-order valence-electron chi connectivity index (χ2n) is 8.18. The topological polar surface area (TPSA) is 77.7 Å². The lowest BCUT2D eigenvalue weighted by molar-refractivity contribution is 0.0599. The van der Waals surface area contributed by atoms with Crippen molar-refractivity contribution in [3.63, 3.8) is 0 Å². The van der Waals surface area contributed by atoms with Crippen LogP contribution in [0, 0.1) is 0 Å². The molecule has 3 aromatic rings. The number of H-pyrrole nitrogens is 2. The van der Waals surface area contributed by atoms with Crippen molar-refractivity contribution in [1.82, 2.24) is 25.1 Å². The predicted octanol–water partition coefficient (Wildman–Crippen LogP) is 4.70. The van der Waals surface area contributed by atoms with Crippen LogP contribution in [0.5, 0.6) is 0 Å². The first-order valence-electron chi connectivity index (χ1n) is 10.6. The minimum atomic E-state index is 0.00255. The van der Waals surface area contributed by atoms with E-state index in [1.165, 1.54) is 19.3 Å². The standard InChI is InChI=1S/C22H27N5O/c28-22(16-14-23-26-20(16)15-8-2-1-3-9-15)27-13-7-6-12-19(27)21-24-17-10-4-5-11-18(17)25-21/h4-5,10-11,14-15,19H,1-3,6-9,12-13H2,(H,23,26)(H,24,25)/t19-/m0/s1. The van der Waals surface area contributed by atoms with Crippen molar-refractivity contribution in [2.24, 2.45) is 0 Å². The van der Waals surface area contributed by atoms with Crippen LogP contribution in [0.2, 0.25) is 0 Å². The van der Waals surface area contributed by atoms with Gasteiger partial charge in [0.15, 0.2) is 0 Å². The zero-order valence-corrected chi connectivity index (χ0v) is 16.2. The fourth-order valence-corrected chi connectivity index (χ4v) is 4.91. The Hall–Kier alpha value is -2.63. The molecule has 1 atom stereocenters. The van der Waals surface area contributed by atoms with Gasteiger partial charge in [0.1, 0.15) is 5.82 Å². The maximum absolute atomic E-state index is 13.5. The van der Waals surface area contributed by atoms with E-state index in [9.17, 15) is 4.79 Å². The summed E-state index contributed by atoms with van der Waals surface area (Å²) in [5.74, 6) is 1.43. The summed E-state index contributed by atoms with van der Waals surface area (Å²) in [7, 11) is 0. The number of aromatic nitrogens is 4. The van der Waals surface area contributed by atoms with Gasteiger partial charge in [-0.1, -0.05) is 31.4 Å². The summed E-state index contributed by atoms with van der Waals surface area (Å²) in [6, 6.07) is 8.07. The number of imidazole rings is 1. The molecule has 0 unspecified atom stereocenters. The maximum Gasteiger partial charge on any atom is 0.257 e. The van der Waals surface area contributed by atoms with Crippen molar-refractivity contribution in [1.29, 1.82) is 0 Å². The minimum Gasteiger partial charge on any atom is -0.340 e. The SMILES string of the molecule is O=C(c1cn[nH]c1C1CCCCC1)N1CCCC[C@H]1c1nc2ccccc2[nH]1. The van der Waals surface area contributed by atoms with E-state index in [-0.39, 0.29) is 11.9 Å². The van der Waals surface area contributed by atoms with Crippen molar-refractivity contribution in [3.05, 3.63) is 47.5 Å². The average molecular weight is 377 g/mol. The lowest BCUT2D eigenvalue weighted by atomic mass is 9.85. The number of benzene rings is 1. The number of fused-ring (bicyclic) bond motifs is 1. The van der Waals surface area contributed by atoms with Crippen molar-refractivity contribution in [2.45, 2.75) is 63.3 Å². The second kappa shape index (κ2) is 7.41. The fourth-order valence-electron chi connectivity index (χ4n) is 4.91. The molecule has 28 heavy (non-hydrogen) atoms. The fraction of sp³-hybridized carbons (Fsp3) is 0.500. The van der Waals surface area contributed by atoms with Crippen LogP contribution in [0.4, 0.5) is 0 Å². The normalized spacial score (nSPS) is 21.3. The van der Waals surface area contributed by atoms with Gasteiger partial charge in [-0.2, -0.15) is 5.10 Å². The number of hydrogen-bond donors (Lipinski definition) is 2. The molecule has 1 amide bonds. The van der Waals surface area contributed by atoms with Crippen LogP contribution in [0.25, 0.3) is 11.0 Å². The van der Waals surface area contributed by atoms with Gasteiger partial charge >= 0.3 is 0 Å². The summed E-state index contributed by atoms with van der Waals surface area (Å²) < 4.78 is 0. The summed E-state index contributed by atoms with van der Waals surface area (Å²) in [5, 5.41) is 7.40. The summed E-state index contributed by atoms with van der Waals surface area (Å²) in [6.07, 6.45) is 10.9. The van der Waals surface area contributed by atoms with Gasteiger partial charge in [-0.05, 0) is 44.2 Å². The second-order valence-corrected chi connectivity index (χ2v) is 8.18. The smallest absolute Gasteiger partial charge is 0.257 e. The Bertz CT molecular complexity index is 935. The highest BCUT2D eigenvalue weighted by atomic mass is 16.2. The van der Waals surface area contributed by atoms with Gasteiger partial charge in [0.25, 0.3) is 5.91 Å². The molecule has 0 radical (unpaired) electrons. The third kappa shape index (κ3) is 3.11. The Morgan fingerprint density at radius 3 is 2.71 bits per heavy atom. The van der Waals surface area contributed by atoms with Gasteiger partial charge in [-0.3, -0.25) is 9.89 Å². The van der Waals surface area contributed by atoms with E-state index in [0.29, 0.717) is 5.92 Å². The summed E-state index contributed by atoms with van der Waals surface area (Å²) >= 11 is 0. The average Bonchev–Trinajstić information content (AvgIpc) is 3.41. The highest BCUT2D eigenvalue weighted by Gasteiger charge is 2.33. The molecule has 146 valence electrons. The maximum atomic E-state index is 13.5. The summed E-state index contributed by atoms with van der Waals surface area (Å²) in [5.41, 5.74) is 3.79. The number of carbonyl (C=O) groups excluding carboxylic acids is 1. The predicted molar refractivity (Wildman–Crippen MR) is 108 cm³/mol. The minimum absolute atomic E-state index is 0.00255. The first kappa shape index (κ1) is 17.5. The Morgan fingerprint density at radius 2 is 1.86 bits per heavy atom. The molecule has 1 aromatic carbocycles.